The average Bonchev–Trinajstić information content (AvgIpc) is 3.46. The van der Waals surface area contributed by atoms with Crippen molar-refractivity contribution in [3.63, 3.8) is 0 Å². The van der Waals surface area contributed by atoms with Gasteiger partial charge < -0.3 is 14.2 Å². The van der Waals surface area contributed by atoms with Crippen molar-refractivity contribution in [2.75, 3.05) is 13.2 Å². The summed E-state index contributed by atoms with van der Waals surface area (Å²) in [6, 6.07) is 0. The van der Waals surface area contributed by atoms with Crippen LogP contribution in [-0.2, 0) is 28.6 Å². The molecule has 1 unspecified atom stereocenters. The molecule has 81 heavy (non-hydrogen) atoms. The maximum Gasteiger partial charge on any atom is 0.306 e. The van der Waals surface area contributed by atoms with Crippen LogP contribution in [0.5, 0.6) is 0 Å². The van der Waals surface area contributed by atoms with Crippen LogP contribution in [0.4, 0.5) is 0 Å². The monoisotopic (exact) mass is 1120 g/mol. The molecule has 0 N–H and O–H groups in total. The van der Waals surface area contributed by atoms with E-state index in [0.29, 0.717) is 19.3 Å². The quantitative estimate of drug-likeness (QED) is 0.0261. The fraction of sp³-hybridized carbons (Fsp3) is 0.693. The predicted octanol–water partition coefficient (Wildman–Crippen LogP) is 23.6. The van der Waals surface area contributed by atoms with Crippen molar-refractivity contribution in [3.05, 3.63) is 122 Å². The van der Waals surface area contributed by atoms with Crippen LogP contribution in [0.1, 0.15) is 316 Å². The van der Waals surface area contributed by atoms with Crippen molar-refractivity contribution in [1.29, 1.82) is 0 Å². The molecule has 0 saturated carbocycles. The number of esters is 3. The first-order valence-corrected chi connectivity index (χ1v) is 34.0. The molecule has 6 heteroatoms. The van der Waals surface area contributed by atoms with Gasteiger partial charge in [-0.15, -0.1) is 0 Å². The zero-order valence-electron chi connectivity index (χ0n) is 53.0. The second kappa shape index (κ2) is 68.3. The smallest absolute Gasteiger partial charge is 0.306 e. The van der Waals surface area contributed by atoms with Crippen molar-refractivity contribution in [2.45, 2.75) is 322 Å². The van der Waals surface area contributed by atoms with E-state index in [-0.39, 0.29) is 31.1 Å². The first-order valence-electron chi connectivity index (χ1n) is 34.0. The SMILES string of the molecule is CC/C=C\C/C=C\C/C=C\C/C=C\C/C=C\C/C=C\CCCCCCCCCCCCCCC(=O)OCC(COC(=O)CCCCCCC/C=C\CCCCCC)OC(=O)CCCCCCCC/C=C\C/C=C\C/C=C\CCCCC. The van der Waals surface area contributed by atoms with Crippen LogP contribution in [0.15, 0.2) is 122 Å². The highest BCUT2D eigenvalue weighted by Crippen LogP contribution is 2.16. The molecular formula is C75H126O6. The van der Waals surface area contributed by atoms with Crippen LogP contribution < -0.4 is 0 Å². The third-order valence-corrected chi connectivity index (χ3v) is 14.4. The number of hydrogen-bond acceptors (Lipinski definition) is 6. The fourth-order valence-electron chi connectivity index (χ4n) is 9.33. The zero-order chi connectivity index (χ0) is 58.5. The van der Waals surface area contributed by atoms with E-state index in [1.165, 1.54) is 148 Å². The lowest BCUT2D eigenvalue weighted by molar-refractivity contribution is -0.167. The normalized spacial score (nSPS) is 12.9. The highest BCUT2D eigenvalue weighted by Gasteiger charge is 2.19. The Hall–Kier alpha value is -4.19. The second-order valence-electron chi connectivity index (χ2n) is 22.3. The number of allylic oxidation sites excluding steroid dienone is 20. The molecule has 0 aliphatic rings. The van der Waals surface area contributed by atoms with Crippen LogP contribution in [0, 0.1) is 0 Å². The van der Waals surface area contributed by atoms with E-state index in [1.54, 1.807) is 0 Å². The summed E-state index contributed by atoms with van der Waals surface area (Å²) in [5, 5.41) is 0. The van der Waals surface area contributed by atoms with E-state index in [1.807, 2.05) is 0 Å². The lowest BCUT2D eigenvalue weighted by Crippen LogP contribution is -2.30. The van der Waals surface area contributed by atoms with Crippen molar-refractivity contribution >= 4 is 17.9 Å². The molecule has 0 fully saturated rings. The number of rotatable bonds is 61. The Morgan fingerprint density at radius 2 is 0.481 bits per heavy atom. The molecule has 0 aliphatic carbocycles. The van der Waals surface area contributed by atoms with Crippen molar-refractivity contribution in [2.24, 2.45) is 0 Å². The predicted molar refractivity (Wildman–Crippen MR) is 353 cm³/mol. The molecule has 0 radical (unpaired) electrons. The van der Waals surface area contributed by atoms with Crippen molar-refractivity contribution in [3.8, 4) is 0 Å². The minimum atomic E-state index is -0.792. The molecule has 0 amide bonds. The Morgan fingerprint density at radius 3 is 0.790 bits per heavy atom. The van der Waals surface area contributed by atoms with Crippen molar-refractivity contribution in [1.82, 2.24) is 0 Å². The standard InChI is InChI=1S/C75H126O6/c1-4-7-10-13-16-19-22-25-27-29-31-32-33-34-35-36-37-38-39-40-41-42-44-45-47-50-53-56-59-62-65-68-74(77)80-71-72(70-79-73(76)67-64-61-58-55-52-49-24-21-18-15-12-9-6-3)81-75(78)69-66-63-60-57-54-51-48-46-43-30-28-26-23-20-17-14-11-8-5-2/h7,10,16-17,19-21,24-28,31-32,34-35,37-38,43,46,72H,4-6,8-9,11-15,18,22-23,29-30,33,36,39-42,44-45,47-71H2,1-3H3/b10-7-,19-16-,20-17-,24-21-,27-25-,28-26-,32-31-,35-34-,38-37-,46-43-. The van der Waals surface area contributed by atoms with Gasteiger partial charge in [0.2, 0.25) is 0 Å². The molecule has 0 aliphatic heterocycles. The maximum absolute atomic E-state index is 12.9. The second-order valence-corrected chi connectivity index (χ2v) is 22.3. The molecule has 462 valence electrons. The fourth-order valence-corrected chi connectivity index (χ4v) is 9.33. The maximum atomic E-state index is 12.9. The first kappa shape index (κ1) is 76.8. The third-order valence-electron chi connectivity index (χ3n) is 14.4. The van der Waals surface area contributed by atoms with E-state index in [0.717, 1.165) is 128 Å². The Kier molecular flexibility index (Phi) is 64.8. The molecule has 6 nitrogen and oxygen atoms in total. The summed E-state index contributed by atoms with van der Waals surface area (Å²) in [6.07, 6.45) is 95.0. The van der Waals surface area contributed by atoms with E-state index >= 15 is 0 Å². The lowest BCUT2D eigenvalue weighted by atomic mass is 10.0. The molecule has 0 spiro atoms. The van der Waals surface area contributed by atoms with Crippen LogP contribution in [0.2, 0.25) is 0 Å². The van der Waals surface area contributed by atoms with Crippen LogP contribution in [-0.4, -0.2) is 37.2 Å². The number of unbranched alkanes of at least 4 members (excludes halogenated alkanes) is 30. The Labute approximate surface area is 501 Å². The van der Waals surface area contributed by atoms with Crippen LogP contribution in [0.3, 0.4) is 0 Å². The van der Waals surface area contributed by atoms with Gasteiger partial charge in [-0.2, -0.15) is 0 Å². The zero-order valence-corrected chi connectivity index (χ0v) is 53.0. The van der Waals surface area contributed by atoms with Gasteiger partial charge in [0, 0.05) is 19.3 Å². The molecule has 0 rings (SSSR count). The van der Waals surface area contributed by atoms with Crippen LogP contribution in [0.25, 0.3) is 0 Å². The van der Waals surface area contributed by atoms with Gasteiger partial charge in [0.15, 0.2) is 6.10 Å². The van der Waals surface area contributed by atoms with Gasteiger partial charge in [-0.3, -0.25) is 14.4 Å². The van der Waals surface area contributed by atoms with E-state index in [4.69, 9.17) is 14.2 Å². The average molecular weight is 1120 g/mol. The Bertz CT molecular complexity index is 1670. The molecule has 0 aromatic heterocycles. The molecular weight excluding hydrogens is 997 g/mol. The number of ether oxygens (including phenoxy) is 3. The van der Waals surface area contributed by atoms with E-state index in [9.17, 15) is 14.4 Å². The topological polar surface area (TPSA) is 78.9 Å². The number of carbonyl (C=O) groups is 3. The van der Waals surface area contributed by atoms with E-state index < -0.39 is 6.10 Å². The first-order chi connectivity index (χ1) is 40.0. The molecule has 0 aromatic rings. The summed E-state index contributed by atoms with van der Waals surface area (Å²) in [5.41, 5.74) is 0. The van der Waals surface area contributed by atoms with Gasteiger partial charge in [-0.25, -0.2) is 0 Å². The minimum absolute atomic E-state index is 0.0875. The third kappa shape index (κ3) is 66.5. The Balaban J connectivity index is 4.29. The molecule has 0 aromatic carbocycles. The van der Waals surface area contributed by atoms with Gasteiger partial charge in [0.1, 0.15) is 13.2 Å². The van der Waals surface area contributed by atoms with Gasteiger partial charge in [0.05, 0.1) is 0 Å². The van der Waals surface area contributed by atoms with Gasteiger partial charge in [0.25, 0.3) is 0 Å². The Morgan fingerprint density at radius 1 is 0.259 bits per heavy atom. The largest absolute Gasteiger partial charge is 0.462 e. The summed E-state index contributed by atoms with van der Waals surface area (Å²) < 4.78 is 16.9. The van der Waals surface area contributed by atoms with Crippen molar-refractivity contribution < 1.29 is 28.6 Å². The minimum Gasteiger partial charge on any atom is -0.462 e. The molecule has 0 bridgehead atoms. The van der Waals surface area contributed by atoms with Gasteiger partial charge >= 0.3 is 17.9 Å². The number of hydrogen-bond donors (Lipinski definition) is 0. The summed E-state index contributed by atoms with van der Waals surface area (Å²) in [7, 11) is 0. The van der Waals surface area contributed by atoms with Gasteiger partial charge in [-0.1, -0.05) is 284 Å². The molecule has 0 saturated heterocycles. The summed E-state index contributed by atoms with van der Waals surface area (Å²) >= 11 is 0. The lowest BCUT2D eigenvalue weighted by Gasteiger charge is -2.18. The summed E-state index contributed by atoms with van der Waals surface area (Å²) in [6.45, 7) is 6.48. The number of carbonyl (C=O) groups excluding carboxylic acids is 3. The highest BCUT2D eigenvalue weighted by atomic mass is 16.6. The van der Waals surface area contributed by atoms with Crippen LogP contribution >= 0.6 is 0 Å². The molecule has 0 heterocycles. The van der Waals surface area contributed by atoms with Gasteiger partial charge in [-0.05, 0) is 135 Å². The summed E-state index contributed by atoms with van der Waals surface area (Å²) in [5.74, 6) is -0.903. The highest BCUT2D eigenvalue weighted by molar-refractivity contribution is 5.71. The van der Waals surface area contributed by atoms with E-state index in [2.05, 4.69) is 142 Å². The molecule has 1 atom stereocenters. The summed E-state index contributed by atoms with van der Waals surface area (Å²) in [4.78, 5) is 38.4.